The summed E-state index contributed by atoms with van der Waals surface area (Å²) in [6.45, 7) is 4.38. The molecule has 0 radical (unpaired) electrons. The van der Waals surface area contributed by atoms with E-state index in [9.17, 15) is 9.59 Å². The van der Waals surface area contributed by atoms with Gasteiger partial charge < -0.3 is 14.8 Å². The van der Waals surface area contributed by atoms with Crippen LogP contribution in [0.15, 0.2) is 0 Å². The summed E-state index contributed by atoms with van der Waals surface area (Å²) >= 11 is 1.70. The molecule has 0 saturated heterocycles. The summed E-state index contributed by atoms with van der Waals surface area (Å²) in [5.41, 5.74) is 2.00. The van der Waals surface area contributed by atoms with Crippen molar-refractivity contribution in [2.45, 2.75) is 46.0 Å². The summed E-state index contributed by atoms with van der Waals surface area (Å²) in [5.74, 6) is 0.943. The van der Waals surface area contributed by atoms with Gasteiger partial charge in [-0.15, -0.1) is 11.3 Å². The number of ether oxygens (including phenoxy) is 1. The number of fused-ring (bicyclic) bond motifs is 1. The summed E-state index contributed by atoms with van der Waals surface area (Å²) in [6.07, 6.45) is 6.71. The molecule has 1 aromatic heterocycles. The Balaban J connectivity index is 0.000000246. The van der Waals surface area contributed by atoms with Crippen molar-refractivity contribution in [1.29, 1.82) is 0 Å². The molecule has 1 aromatic rings. The molecule has 0 amide bonds. The molecule has 2 aliphatic carbocycles. The van der Waals surface area contributed by atoms with Gasteiger partial charge in [0.1, 0.15) is 11.3 Å². The highest BCUT2D eigenvalue weighted by Gasteiger charge is 2.31. The number of hydrogen-bond acceptors (Lipinski definition) is 5. The molecule has 2 aliphatic rings. The lowest BCUT2D eigenvalue weighted by atomic mass is 9.95. The molecule has 1 fully saturated rings. The van der Waals surface area contributed by atoms with Crippen molar-refractivity contribution >= 4 is 28.6 Å². The van der Waals surface area contributed by atoms with Crippen LogP contribution in [0.5, 0.6) is 0 Å². The van der Waals surface area contributed by atoms with E-state index in [1.807, 2.05) is 14.0 Å². The molecule has 2 unspecified atom stereocenters. The number of esters is 1. The van der Waals surface area contributed by atoms with Gasteiger partial charge in [-0.3, -0.25) is 0 Å². The third kappa shape index (κ3) is 3.88. The van der Waals surface area contributed by atoms with Crippen LogP contribution in [0.1, 0.15) is 53.9 Å². The van der Waals surface area contributed by atoms with Gasteiger partial charge in [0.25, 0.3) is 0 Å². The lowest BCUT2D eigenvalue weighted by Gasteiger charge is -2.12. The van der Waals surface area contributed by atoms with E-state index in [2.05, 4.69) is 12.2 Å². The van der Waals surface area contributed by atoms with E-state index < -0.39 is 0 Å². The van der Waals surface area contributed by atoms with Crippen molar-refractivity contribution in [3.63, 3.8) is 0 Å². The van der Waals surface area contributed by atoms with Crippen LogP contribution in [0.4, 0.5) is 5.00 Å². The minimum atomic E-state index is -0.175. The average Bonchev–Trinajstić information content (AvgIpc) is 3.12. The minimum absolute atomic E-state index is 0.175. The number of aryl methyl sites for hydroxylation is 1. The highest BCUT2D eigenvalue weighted by Crippen LogP contribution is 2.38. The molecule has 1 N–H and O–H groups in total. The van der Waals surface area contributed by atoms with Gasteiger partial charge in [0, 0.05) is 17.8 Å². The van der Waals surface area contributed by atoms with Crippen molar-refractivity contribution in [3.8, 4) is 0 Å². The molecule has 22 heavy (non-hydrogen) atoms. The van der Waals surface area contributed by atoms with Crippen LogP contribution in [0, 0.1) is 11.8 Å². The number of aldehydes is 1. The van der Waals surface area contributed by atoms with Gasteiger partial charge in [-0.05, 0) is 50.5 Å². The molecule has 3 rings (SSSR count). The van der Waals surface area contributed by atoms with Crippen molar-refractivity contribution in [2.75, 3.05) is 19.0 Å². The zero-order valence-corrected chi connectivity index (χ0v) is 14.4. The van der Waals surface area contributed by atoms with Crippen LogP contribution < -0.4 is 5.32 Å². The van der Waals surface area contributed by atoms with E-state index in [4.69, 9.17) is 4.74 Å². The molecule has 1 saturated carbocycles. The lowest BCUT2D eigenvalue weighted by Crippen LogP contribution is -2.10. The third-order valence-corrected chi connectivity index (χ3v) is 5.53. The quantitative estimate of drug-likeness (QED) is 0.678. The van der Waals surface area contributed by atoms with E-state index in [0.717, 1.165) is 36.1 Å². The molecular formula is C17H25NO3S. The highest BCUT2D eigenvalue weighted by molar-refractivity contribution is 7.16. The SMILES string of the molecule is CC1CC1C=O.CCOC(=O)c1c(NC)sc2c1CCCC2. The predicted octanol–water partition coefficient (Wildman–Crippen LogP) is 3.69. The van der Waals surface area contributed by atoms with E-state index in [-0.39, 0.29) is 5.97 Å². The summed E-state index contributed by atoms with van der Waals surface area (Å²) in [4.78, 5) is 23.0. The van der Waals surface area contributed by atoms with Crippen LogP contribution in [0.3, 0.4) is 0 Å². The first-order valence-electron chi connectivity index (χ1n) is 8.07. The molecule has 0 bridgehead atoms. The summed E-state index contributed by atoms with van der Waals surface area (Å²) in [5, 5.41) is 4.07. The Morgan fingerprint density at radius 3 is 2.59 bits per heavy atom. The van der Waals surface area contributed by atoms with Crippen molar-refractivity contribution in [3.05, 3.63) is 16.0 Å². The zero-order valence-electron chi connectivity index (χ0n) is 13.6. The molecular weight excluding hydrogens is 298 g/mol. The predicted molar refractivity (Wildman–Crippen MR) is 89.8 cm³/mol. The Bertz CT molecular complexity index is 538. The van der Waals surface area contributed by atoms with Crippen LogP contribution in [0.25, 0.3) is 0 Å². The van der Waals surface area contributed by atoms with E-state index in [0.29, 0.717) is 18.4 Å². The second-order valence-electron chi connectivity index (χ2n) is 5.90. The first-order chi connectivity index (χ1) is 10.6. The van der Waals surface area contributed by atoms with Crippen LogP contribution in [-0.4, -0.2) is 25.9 Å². The van der Waals surface area contributed by atoms with Crippen LogP contribution in [0.2, 0.25) is 0 Å². The third-order valence-electron chi connectivity index (χ3n) is 4.22. The fourth-order valence-corrected chi connectivity index (χ4v) is 3.93. The highest BCUT2D eigenvalue weighted by atomic mass is 32.1. The van der Waals surface area contributed by atoms with Gasteiger partial charge in [0.2, 0.25) is 0 Å². The molecule has 4 nitrogen and oxygen atoms in total. The minimum Gasteiger partial charge on any atom is -0.462 e. The number of nitrogens with one attached hydrogen (secondary N) is 1. The number of rotatable bonds is 4. The van der Waals surface area contributed by atoms with Crippen LogP contribution >= 0.6 is 11.3 Å². The first kappa shape index (κ1) is 17.0. The number of anilines is 1. The molecule has 1 heterocycles. The van der Waals surface area contributed by atoms with Gasteiger partial charge in [-0.1, -0.05) is 6.92 Å². The van der Waals surface area contributed by atoms with Crippen molar-refractivity contribution < 1.29 is 14.3 Å². The van der Waals surface area contributed by atoms with Gasteiger partial charge in [-0.2, -0.15) is 0 Å². The van der Waals surface area contributed by atoms with Gasteiger partial charge in [-0.25, -0.2) is 4.79 Å². The number of hydrogen-bond donors (Lipinski definition) is 1. The number of carbonyl (C=O) groups is 2. The first-order valence-corrected chi connectivity index (χ1v) is 8.88. The van der Waals surface area contributed by atoms with E-state index in [1.165, 1.54) is 23.3 Å². The molecule has 5 heteroatoms. The Morgan fingerprint density at radius 2 is 2.09 bits per heavy atom. The Morgan fingerprint density at radius 1 is 1.41 bits per heavy atom. The Hall–Kier alpha value is -1.36. The Kier molecular flexibility index (Phi) is 6.00. The molecule has 2 atom stereocenters. The summed E-state index contributed by atoms with van der Waals surface area (Å²) in [6, 6.07) is 0. The van der Waals surface area contributed by atoms with E-state index in [1.54, 1.807) is 11.3 Å². The monoisotopic (exact) mass is 323 g/mol. The summed E-state index contributed by atoms with van der Waals surface area (Å²) < 4.78 is 5.12. The smallest absolute Gasteiger partial charge is 0.341 e. The average molecular weight is 323 g/mol. The van der Waals surface area contributed by atoms with Gasteiger partial charge in [0.05, 0.1) is 12.2 Å². The zero-order chi connectivity index (χ0) is 16.1. The molecule has 0 aromatic carbocycles. The summed E-state index contributed by atoms with van der Waals surface area (Å²) in [7, 11) is 1.86. The fourth-order valence-electron chi connectivity index (χ4n) is 2.70. The van der Waals surface area contributed by atoms with Crippen LogP contribution in [-0.2, 0) is 22.4 Å². The number of thiophene rings is 1. The van der Waals surface area contributed by atoms with Crippen molar-refractivity contribution in [2.24, 2.45) is 11.8 Å². The maximum atomic E-state index is 11.9. The lowest BCUT2D eigenvalue weighted by molar-refractivity contribution is -0.109. The maximum absolute atomic E-state index is 11.9. The maximum Gasteiger partial charge on any atom is 0.341 e. The second-order valence-corrected chi connectivity index (χ2v) is 7.00. The largest absolute Gasteiger partial charge is 0.462 e. The van der Waals surface area contributed by atoms with Crippen molar-refractivity contribution in [1.82, 2.24) is 0 Å². The van der Waals surface area contributed by atoms with Gasteiger partial charge >= 0.3 is 5.97 Å². The molecule has 0 aliphatic heterocycles. The Labute approximate surface area is 136 Å². The number of carbonyl (C=O) groups excluding carboxylic acids is 2. The van der Waals surface area contributed by atoms with E-state index >= 15 is 0 Å². The fraction of sp³-hybridized carbons (Fsp3) is 0.647. The topological polar surface area (TPSA) is 55.4 Å². The second kappa shape index (κ2) is 7.77. The standard InChI is InChI=1S/C12H17NO2S.C5H8O/c1-3-15-12(14)10-8-6-4-5-7-9(8)16-11(10)13-2;1-4-2-5(4)3-6/h13H,3-7H2,1-2H3;3-5H,2H2,1H3. The molecule has 0 spiro atoms. The molecule has 122 valence electrons. The van der Waals surface area contributed by atoms with Gasteiger partial charge in [0.15, 0.2) is 0 Å². The normalized spacial score (nSPS) is 22.0.